The summed E-state index contributed by atoms with van der Waals surface area (Å²) in [7, 11) is 0. The predicted octanol–water partition coefficient (Wildman–Crippen LogP) is 2.14. The van der Waals surface area contributed by atoms with E-state index >= 15 is 0 Å². The van der Waals surface area contributed by atoms with Crippen LogP contribution >= 0.6 is 0 Å². The fourth-order valence-electron chi connectivity index (χ4n) is 2.79. The van der Waals surface area contributed by atoms with Crippen molar-refractivity contribution in [2.75, 3.05) is 19.7 Å². The number of rotatable bonds is 5. The number of carbonyl (C=O) groups excluding carboxylic acids is 2. The number of aromatic nitrogens is 2. The number of ether oxygens (including phenoxy) is 1. The number of amides is 2. The highest BCUT2D eigenvalue weighted by molar-refractivity contribution is 5.87. The van der Waals surface area contributed by atoms with Gasteiger partial charge in [-0.15, -0.1) is 0 Å². The fourth-order valence-corrected chi connectivity index (χ4v) is 2.79. The van der Waals surface area contributed by atoms with Gasteiger partial charge in [-0.2, -0.15) is 10.2 Å². The van der Waals surface area contributed by atoms with Crippen molar-refractivity contribution in [3.05, 3.63) is 24.0 Å². The monoisotopic (exact) mass is 348 g/mol. The maximum absolute atomic E-state index is 12.3. The molecule has 0 saturated carbocycles. The number of nitrogens with zero attached hydrogens (tertiary/aromatic N) is 4. The standard InChI is InChI=1S/C17H24N4O4/c1-5-8-24-21-13-9-12(10-19(11-13)16(21)23)20-7-6-14(18-20)15(22)25-17(2,3)4/h6-7,9,13H,5,8,10-11H2,1-4H3. The molecule has 1 unspecified atom stereocenters. The molecule has 2 amide bonds. The van der Waals surface area contributed by atoms with E-state index in [0.717, 1.165) is 12.1 Å². The van der Waals surface area contributed by atoms with Gasteiger partial charge in [-0.25, -0.2) is 14.3 Å². The predicted molar refractivity (Wildman–Crippen MR) is 90.5 cm³/mol. The first-order chi connectivity index (χ1) is 11.8. The van der Waals surface area contributed by atoms with E-state index in [9.17, 15) is 9.59 Å². The normalized spacial score (nSPS) is 20.1. The molecule has 0 N–H and O–H groups in total. The third kappa shape index (κ3) is 3.68. The van der Waals surface area contributed by atoms with Gasteiger partial charge < -0.3 is 9.64 Å². The molecule has 3 rings (SSSR count). The van der Waals surface area contributed by atoms with Crippen LogP contribution in [0.2, 0.25) is 0 Å². The van der Waals surface area contributed by atoms with Gasteiger partial charge in [-0.05, 0) is 39.3 Å². The first kappa shape index (κ1) is 17.5. The summed E-state index contributed by atoms with van der Waals surface area (Å²) in [4.78, 5) is 31.7. The number of hydroxylamine groups is 2. The summed E-state index contributed by atoms with van der Waals surface area (Å²) in [5, 5.41) is 5.73. The van der Waals surface area contributed by atoms with Gasteiger partial charge in [0.2, 0.25) is 0 Å². The zero-order chi connectivity index (χ0) is 18.2. The van der Waals surface area contributed by atoms with E-state index in [2.05, 4.69) is 5.10 Å². The van der Waals surface area contributed by atoms with Crippen molar-refractivity contribution in [2.24, 2.45) is 0 Å². The molecule has 2 aliphatic rings. The lowest BCUT2D eigenvalue weighted by Crippen LogP contribution is -2.33. The maximum atomic E-state index is 12.3. The van der Waals surface area contributed by atoms with Crippen LogP contribution in [0.5, 0.6) is 0 Å². The Balaban J connectivity index is 1.75. The molecule has 0 radical (unpaired) electrons. The number of esters is 1. The van der Waals surface area contributed by atoms with Gasteiger partial charge >= 0.3 is 12.0 Å². The minimum Gasteiger partial charge on any atom is -0.455 e. The van der Waals surface area contributed by atoms with Crippen LogP contribution < -0.4 is 0 Å². The van der Waals surface area contributed by atoms with Crippen LogP contribution in [0.15, 0.2) is 18.3 Å². The van der Waals surface area contributed by atoms with E-state index in [1.165, 1.54) is 5.06 Å². The summed E-state index contributed by atoms with van der Waals surface area (Å²) in [6, 6.07) is 1.34. The summed E-state index contributed by atoms with van der Waals surface area (Å²) >= 11 is 0. The maximum Gasteiger partial charge on any atom is 0.359 e. The Morgan fingerprint density at radius 1 is 1.40 bits per heavy atom. The second-order valence-electron chi connectivity index (χ2n) is 7.19. The molecular weight excluding hydrogens is 324 g/mol. The summed E-state index contributed by atoms with van der Waals surface area (Å²) in [6.45, 7) is 8.97. The van der Waals surface area contributed by atoms with Gasteiger partial charge in [0, 0.05) is 12.7 Å². The molecular formula is C17H24N4O4. The minimum atomic E-state index is -0.570. The molecule has 136 valence electrons. The topological polar surface area (TPSA) is 76.9 Å². The molecule has 25 heavy (non-hydrogen) atoms. The Kier molecular flexibility index (Phi) is 4.55. The third-order valence-corrected chi connectivity index (χ3v) is 3.83. The molecule has 8 nitrogen and oxygen atoms in total. The zero-order valence-electron chi connectivity index (χ0n) is 15.1. The highest BCUT2D eigenvalue weighted by Crippen LogP contribution is 2.26. The molecule has 8 heteroatoms. The molecule has 1 saturated heterocycles. The van der Waals surface area contributed by atoms with E-state index in [1.807, 2.05) is 33.8 Å². The molecule has 0 spiro atoms. The lowest BCUT2D eigenvalue weighted by atomic mass is 10.2. The Labute approximate surface area is 146 Å². The van der Waals surface area contributed by atoms with Crippen LogP contribution in [-0.2, 0) is 9.57 Å². The van der Waals surface area contributed by atoms with Crippen molar-refractivity contribution < 1.29 is 19.2 Å². The molecule has 1 aromatic heterocycles. The van der Waals surface area contributed by atoms with Gasteiger partial charge in [-0.3, -0.25) is 4.84 Å². The lowest BCUT2D eigenvalue weighted by Gasteiger charge is -2.21. The molecule has 0 aromatic carbocycles. The van der Waals surface area contributed by atoms with Crippen LogP contribution in [-0.4, -0.2) is 63.1 Å². The Bertz CT molecular complexity index is 704. The highest BCUT2D eigenvalue weighted by atomic mass is 16.7. The first-order valence-electron chi connectivity index (χ1n) is 8.49. The Hall–Kier alpha value is -2.35. The van der Waals surface area contributed by atoms with Crippen molar-refractivity contribution in [3.8, 4) is 0 Å². The van der Waals surface area contributed by atoms with Gasteiger partial charge in [0.25, 0.3) is 0 Å². The molecule has 1 fully saturated rings. The van der Waals surface area contributed by atoms with Gasteiger partial charge in [0.05, 0.1) is 24.9 Å². The molecule has 1 aromatic rings. The van der Waals surface area contributed by atoms with Crippen molar-refractivity contribution in [1.29, 1.82) is 0 Å². The summed E-state index contributed by atoms with van der Waals surface area (Å²) in [5.74, 6) is -0.463. The molecule has 2 bridgehead atoms. The second-order valence-corrected chi connectivity index (χ2v) is 7.19. The van der Waals surface area contributed by atoms with Crippen molar-refractivity contribution in [1.82, 2.24) is 19.7 Å². The molecule has 3 heterocycles. The average molecular weight is 348 g/mol. The first-order valence-corrected chi connectivity index (χ1v) is 8.49. The van der Waals surface area contributed by atoms with Crippen molar-refractivity contribution in [2.45, 2.75) is 45.8 Å². The number of hydrogen-bond donors (Lipinski definition) is 0. The van der Waals surface area contributed by atoms with Gasteiger partial charge in [-0.1, -0.05) is 6.92 Å². The van der Waals surface area contributed by atoms with E-state index in [4.69, 9.17) is 9.57 Å². The third-order valence-electron chi connectivity index (χ3n) is 3.83. The molecule has 0 aliphatic carbocycles. The average Bonchev–Trinajstić information content (AvgIpc) is 3.10. The van der Waals surface area contributed by atoms with Crippen LogP contribution in [0.1, 0.15) is 44.6 Å². The SMILES string of the molecule is CCCON1C(=O)N2CC(n3ccc(C(=O)OC(C)(C)C)n3)=CC1C2. The van der Waals surface area contributed by atoms with E-state index in [0.29, 0.717) is 19.7 Å². The zero-order valence-corrected chi connectivity index (χ0v) is 15.1. The summed E-state index contributed by atoms with van der Waals surface area (Å²) < 4.78 is 6.95. The highest BCUT2D eigenvalue weighted by Gasteiger charge is 2.41. The number of urea groups is 1. The van der Waals surface area contributed by atoms with Crippen LogP contribution in [0.4, 0.5) is 4.79 Å². The van der Waals surface area contributed by atoms with Crippen molar-refractivity contribution in [3.63, 3.8) is 0 Å². The van der Waals surface area contributed by atoms with Gasteiger partial charge in [0.15, 0.2) is 5.69 Å². The molecule has 2 aliphatic heterocycles. The largest absolute Gasteiger partial charge is 0.455 e. The lowest BCUT2D eigenvalue weighted by molar-refractivity contribution is -0.119. The van der Waals surface area contributed by atoms with Crippen LogP contribution in [0.25, 0.3) is 5.70 Å². The van der Waals surface area contributed by atoms with Crippen LogP contribution in [0.3, 0.4) is 0 Å². The smallest absolute Gasteiger partial charge is 0.359 e. The number of fused-ring (bicyclic) bond motifs is 2. The molecule has 1 atom stereocenters. The van der Waals surface area contributed by atoms with E-state index in [1.54, 1.807) is 21.8 Å². The summed E-state index contributed by atoms with van der Waals surface area (Å²) in [6.07, 6.45) is 4.51. The van der Waals surface area contributed by atoms with Crippen molar-refractivity contribution >= 4 is 17.7 Å². The number of carbonyl (C=O) groups is 2. The fraction of sp³-hybridized carbons (Fsp3) is 0.588. The minimum absolute atomic E-state index is 0.135. The summed E-state index contributed by atoms with van der Waals surface area (Å²) in [5.41, 5.74) is 0.510. The quantitative estimate of drug-likeness (QED) is 0.762. The van der Waals surface area contributed by atoms with Gasteiger partial charge in [0.1, 0.15) is 5.60 Å². The van der Waals surface area contributed by atoms with E-state index < -0.39 is 11.6 Å². The Morgan fingerprint density at radius 2 is 2.16 bits per heavy atom. The number of hydrogen-bond acceptors (Lipinski definition) is 5. The van der Waals surface area contributed by atoms with Crippen LogP contribution in [0, 0.1) is 0 Å². The Morgan fingerprint density at radius 3 is 2.84 bits per heavy atom. The second kappa shape index (κ2) is 6.51. The van der Waals surface area contributed by atoms with E-state index in [-0.39, 0.29) is 17.8 Å².